The van der Waals surface area contributed by atoms with Gasteiger partial charge in [-0.15, -0.1) is 0 Å². The highest BCUT2D eigenvalue weighted by Gasteiger charge is 2.17. The Balaban J connectivity index is 2.13. The molecular formula is C10H21N3O. The van der Waals surface area contributed by atoms with E-state index in [1.54, 1.807) is 0 Å². The molecule has 82 valence electrons. The van der Waals surface area contributed by atoms with Crippen LogP contribution >= 0.6 is 0 Å². The minimum absolute atomic E-state index is 0.297. The molecule has 1 fully saturated rings. The van der Waals surface area contributed by atoms with Crippen molar-refractivity contribution in [1.29, 1.82) is 5.41 Å². The summed E-state index contributed by atoms with van der Waals surface area (Å²) in [5.74, 6) is 0.297. The Hall–Kier alpha value is -0.610. The number of hydrogen-bond donors (Lipinski definition) is 2. The summed E-state index contributed by atoms with van der Waals surface area (Å²) in [4.78, 5) is 2.37. The van der Waals surface area contributed by atoms with Crippen LogP contribution in [0.4, 0.5) is 0 Å². The number of amidine groups is 1. The van der Waals surface area contributed by atoms with Crippen LogP contribution in [0.3, 0.4) is 0 Å². The van der Waals surface area contributed by atoms with Gasteiger partial charge >= 0.3 is 0 Å². The maximum atomic E-state index is 7.12. The first-order valence-corrected chi connectivity index (χ1v) is 5.31. The van der Waals surface area contributed by atoms with E-state index < -0.39 is 0 Å². The Kier molecular flexibility index (Phi) is 4.90. The second-order valence-electron chi connectivity index (χ2n) is 3.95. The molecule has 0 spiro atoms. The normalized spacial score (nSPS) is 18.7. The molecule has 0 unspecified atom stereocenters. The molecule has 1 aliphatic heterocycles. The summed E-state index contributed by atoms with van der Waals surface area (Å²) in [6.07, 6.45) is 3.98. The quantitative estimate of drug-likeness (QED) is 0.509. The van der Waals surface area contributed by atoms with Gasteiger partial charge in [0, 0.05) is 25.7 Å². The van der Waals surface area contributed by atoms with Crippen molar-refractivity contribution >= 4 is 5.84 Å². The fraction of sp³-hybridized carbons (Fsp3) is 0.900. The second kappa shape index (κ2) is 5.98. The zero-order valence-corrected chi connectivity index (χ0v) is 8.96. The van der Waals surface area contributed by atoms with Crippen molar-refractivity contribution in [3.05, 3.63) is 0 Å². The molecule has 1 aliphatic rings. The van der Waals surface area contributed by atoms with Gasteiger partial charge in [0.1, 0.15) is 0 Å². The predicted octanol–water partition coefficient (Wildman–Crippen LogP) is 0.813. The van der Waals surface area contributed by atoms with E-state index in [0.29, 0.717) is 18.3 Å². The number of rotatable bonds is 5. The highest BCUT2D eigenvalue weighted by Crippen LogP contribution is 2.12. The molecule has 0 aromatic heterocycles. The number of ether oxygens (including phenoxy) is 1. The Morgan fingerprint density at radius 3 is 2.71 bits per heavy atom. The van der Waals surface area contributed by atoms with E-state index in [1.165, 1.54) is 0 Å². The van der Waals surface area contributed by atoms with Crippen LogP contribution in [0.15, 0.2) is 0 Å². The number of nitrogens with zero attached hydrogens (tertiary/aromatic N) is 1. The van der Waals surface area contributed by atoms with Crippen molar-refractivity contribution in [2.75, 3.05) is 26.8 Å². The maximum Gasteiger partial charge on any atom is 0.0905 e. The van der Waals surface area contributed by atoms with Gasteiger partial charge in [-0.05, 0) is 32.9 Å². The molecular weight excluding hydrogens is 178 g/mol. The van der Waals surface area contributed by atoms with Crippen molar-refractivity contribution in [3.63, 3.8) is 0 Å². The smallest absolute Gasteiger partial charge is 0.0905 e. The van der Waals surface area contributed by atoms with Crippen molar-refractivity contribution in [3.8, 4) is 0 Å². The summed E-state index contributed by atoms with van der Waals surface area (Å²) in [7, 11) is 2.15. The first kappa shape index (κ1) is 11.5. The van der Waals surface area contributed by atoms with Gasteiger partial charge in [-0.3, -0.25) is 5.41 Å². The third-order valence-corrected chi connectivity index (χ3v) is 2.77. The van der Waals surface area contributed by atoms with Gasteiger partial charge in [0.25, 0.3) is 0 Å². The molecule has 0 radical (unpaired) electrons. The van der Waals surface area contributed by atoms with Crippen molar-refractivity contribution < 1.29 is 4.74 Å². The molecule has 4 heteroatoms. The van der Waals surface area contributed by atoms with Crippen molar-refractivity contribution in [1.82, 2.24) is 4.90 Å². The Labute approximate surface area is 85.9 Å². The summed E-state index contributed by atoms with van der Waals surface area (Å²) >= 11 is 0. The monoisotopic (exact) mass is 199 g/mol. The van der Waals surface area contributed by atoms with Gasteiger partial charge in [-0.2, -0.15) is 0 Å². The first-order chi connectivity index (χ1) is 6.70. The third-order valence-electron chi connectivity index (χ3n) is 2.77. The number of hydrogen-bond acceptors (Lipinski definition) is 3. The zero-order chi connectivity index (χ0) is 10.4. The van der Waals surface area contributed by atoms with E-state index in [0.717, 1.165) is 39.0 Å². The molecule has 0 bridgehead atoms. The lowest BCUT2D eigenvalue weighted by atomic mass is 10.1. The number of nitrogens with two attached hydrogens (primary N) is 1. The molecule has 0 aromatic carbocycles. The van der Waals surface area contributed by atoms with Crippen LogP contribution in [0.5, 0.6) is 0 Å². The standard InChI is InChI=1S/C10H21N3O/c1-13(6-2-3-10(11)12)9-4-7-14-8-5-9/h9H,2-8H2,1H3,(H3,11,12). The molecule has 1 saturated heterocycles. The van der Waals surface area contributed by atoms with E-state index in [9.17, 15) is 0 Å². The van der Waals surface area contributed by atoms with Gasteiger partial charge in [0.2, 0.25) is 0 Å². The van der Waals surface area contributed by atoms with Crippen molar-refractivity contribution in [2.24, 2.45) is 5.73 Å². The molecule has 1 heterocycles. The van der Waals surface area contributed by atoms with E-state index in [1.807, 2.05) is 0 Å². The lowest BCUT2D eigenvalue weighted by Crippen LogP contribution is -2.37. The Bertz CT molecular complexity index is 178. The van der Waals surface area contributed by atoms with Gasteiger partial charge < -0.3 is 15.4 Å². The highest BCUT2D eigenvalue weighted by atomic mass is 16.5. The van der Waals surface area contributed by atoms with Crippen molar-refractivity contribution in [2.45, 2.75) is 31.7 Å². The first-order valence-electron chi connectivity index (χ1n) is 5.31. The van der Waals surface area contributed by atoms with Crippen LogP contribution in [0, 0.1) is 5.41 Å². The molecule has 0 aromatic rings. The van der Waals surface area contributed by atoms with E-state index in [2.05, 4.69) is 11.9 Å². The molecule has 0 amide bonds. The summed E-state index contributed by atoms with van der Waals surface area (Å²) in [6, 6.07) is 0.663. The number of nitrogens with one attached hydrogen (secondary N) is 1. The third kappa shape index (κ3) is 4.07. The summed E-state index contributed by atoms with van der Waals surface area (Å²) < 4.78 is 5.31. The van der Waals surface area contributed by atoms with Gasteiger partial charge in [-0.25, -0.2) is 0 Å². The van der Waals surface area contributed by atoms with Gasteiger partial charge in [0.05, 0.1) is 5.84 Å². The summed E-state index contributed by atoms with van der Waals surface area (Å²) in [5.41, 5.74) is 5.30. The minimum atomic E-state index is 0.297. The zero-order valence-electron chi connectivity index (χ0n) is 8.96. The summed E-state index contributed by atoms with van der Waals surface area (Å²) in [5, 5.41) is 7.12. The molecule has 0 aliphatic carbocycles. The molecule has 4 nitrogen and oxygen atoms in total. The van der Waals surface area contributed by atoms with E-state index in [-0.39, 0.29) is 0 Å². The second-order valence-corrected chi connectivity index (χ2v) is 3.95. The molecule has 14 heavy (non-hydrogen) atoms. The molecule has 0 atom stereocenters. The lowest BCUT2D eigenvalue weighted by Gasteiger charge is -2.31. The Morgan fingerprint density at radius 2 is 2.14 bits per heavy atom. The molecule has 3 N–H and O–H groups in total. The topological polar surface area (TPSA) is 62.3 Å². The average Bonchev–Trinajstić information content (AvgIpc) is 2.18. The summed E-state index contributed by atoms with van der Waals surface area (Å²) in [6.45, 7) is 2.81. The Morgan fingerprint density at radius 1 is 1.50 bits per heavy atom. The minimum Gasteiger partial charge on any atom is -0.388 e. The molecule has 0 saturated carbocycles. The predicted molar refractivity (Wildman–Crippen MR) is 57.6 cm³/mol. The van der Waals surface area contributed by atoms with Crippen LogP contribution < -0.4 is 5.73 Å². The fourth-order valence-corrected chi connectivity index (χ4v) is 1.83. The average molecular weight is 199 g/mol. The SMILES string of the molecule is CN(CCCC(=N)N)C1CCOCC1. The van der Waals surface area contributed by atoms with Crippen LogP contribution in [0.2, 0.25) is 0 Å². The highest BCUT2D eigenvalue weighted by molar-refractivity contribution is 5.76. The van der Waals surface area contributed by atoms with Crippen LogP contribution in [-0.4, -0.2) is 43.6 Å². The largest absolute Gasteiger partial charge is 0.388 e. The lowest BCUT2D eigenvalue weighted by molar-refractivity contribution is 0.0429. The fourth-order valence-electron chi connectivity index (χ4n) is 1.83. The van der Waals surface area contributed by atoms with Crippen LogP contribution in [0.25, 0.3) is 0 Å². The van der Waals surface area contributed by atoms with Gasteiger partial charge in [-0.1, -0.05) is 0 Å². The van der Waals surface area contributed by atoms with Crippen LogP contribution in [-0.2, 0) is 4.74 Å². The van der Waals surface area contributed by atoms with Crippen LogP contribution in [0.1, 0.15) is 25.7 Å². The maximum absolute atomic E-state index is 7.12. The molecule has 1 rings (SSSR count). The van der Waals surface area contributed by atoms with E-state index >= 15 is 0 Å². The van der Waals surface area contributed by atoms with Gasteiger partial charge in [0.15, 0.2) is 0 Å². The van der Waals surface area contributed by atoms with E-state index in [4.69, 9.17) is 15.9 Å².